The monoisotopic (exact) mass is 533 g/mol. The summed E-state index contributed by atoms with van der Waals surface area (Å²) in [6.45, 7) is 4.70. The average Bonchev–Trinajstić information content (AvgIpc) is 3.34. The van der Waals surface area contributed by atoms with Crippen molar-refractivity contribution < 1.29 is 23.0 Å². The smallest absolute Gasteiger partial charge is 0.283 e. The summed E-state index contributed by atoms with van der Waals surface area (Å²) < 4.78 is 36.8. The van der Waals surface area contributed by atoms with Crippen molar-refractivity contribution in [3.8, 4) is 11.1 Å². The molecule has 5 rings (SSSR count). The molecule has 1 amide bonds. The van der Waals surface area contributed by atoms with Gasteiger partial charge in [-0.3, -0.25) is 14.7 Å². The molecule has 0 N–H and O–H groups in total. The Labute approximate surface area is 219 Å². The van der Waals surface area contributed by atoms with Crippen molar-refractivity contribution in [2.75, 3.05) is 26.3 Å². The van der Waals surface area contributed by atoms with Gasteiger partial charge in [0.1, 0.15) is 0 Å². The zero-order valence-electron chi connectivity index (χ0n) is 21.3. The second kappa shape index (κ2) is 10.7. The number of nitrogens with zero attached hydrogens (tertiary/aromatic N) is 5. The van der Waals surface area contributed by atoms with Crippen molar-refractivity contribution in [2.45, 2.75) is 64.8 Å². The summed E-state index contributed by atoms with van der Waals surface area (Å²) in [6.07, 6.45) is 11.5. The minimum Gasteiger partial charge on any atom is -0.466 e. The molecule has 3 aliphatic rings. The predicted octanol–water partition coefficient (Wildman–Crippen LogP) is 4.51. The molecule has 0 saturated heterocycles. The van der Waals surface area contributed by atoms with E-state index in [1.165, 1.54) is 24.0 Å². The number of hydrogen-bond acceptors (Lipinski definition) is 8. The lowest BCUT2D eigenvalue weighted by Gasteiger charge is -2.30. The molecule has 200 valence electrons. The van der Waals surface area contributed by atoms with Crippen LogP contribution in [0.15, 0.2) is 17.4 Å². The lowest BCUT2D eigenvalue weighted by atomic mass is 9.79. The van der Waals surface area contributed by atoms with Crippen LogP contribution in [-0.4, -0.2) is 64.2 Å². The fraction of sp³-hybridized carbons (Fsp3) is 0.654. The van der Waals surface area contributed by atoms with E-state index >= 15 is 0 Å². The standard InChI is InChI=1S/C26H33F2N5O3S/c1-17-10-31-23(12-29-17)35-15-22(34)30-11-18-3-6-26(7-4-18)9-19(26)13-33-8-5-21-20(14-33)32-24(37-21)36-16-25(2,27)28/h10-12,18-19H,3-9,13-16H2,1-2H3/t18?,19-,26?/m0/s1. The van der Waals surface area contributed by atoms with Gasteiger partial charge in [-0.2, -0.15) is 0 Å². The SMILES string of the molecule is Cc1cnc(OCC(=O)N=CC2CCC3(CC2)C[C@H]3CN2CCc3sc(OCC(C)(F)F)nc3C2)cn1. The molecule has 0 radical (unpaired) electrons. The highest BCUT2D eigenvalue weighted by Gasteiger charge is 2.54. The number of ether oxygens (including phenoxy) is 2. The zero-order valence-corrected chi connectivity index (χ0v) is 22.1. The minimum absolute atomic E-state index is 0.137. The number of thiazole rings is 1. The Morgan fingerprint density at radius 1 is 1.30 bits per heavy atom. The van der Waals surface area contributed by atoms with Crippen LogP contribution in [0.1, 0.15) is 55.3 Å². The highest BCUT2D eigenvalue weighted by Crippen LogP contribution is 2.62. The summed E-state index contributed by atoms with van der Waals surface area (Å²) >= 11 is 1.40. The number of carbonyl (C=O) groups excluding carboxylic acids is 1. The van der Waals surface area contributed by atoms with Crippen molar-refractivity contribution in [3.05, 3.63) is 28.7 Å². The topological polar surface area (TPSA) is 89.8 Å². The molecular formula is C26H33F2N5O3S. The van der Waals surface area contributed by atoms with Crippen LogP contribution < -0.4 is 9.47 Å². The Balaban J connectivity index is 1.03. The molecule has 0 aromatic carbocycles. The van der Waals surface area contributed by atoms with Gasteiger partial charge in [-0.15, -0.1) is 0 Å². The molecule has 2 aromatic heterocycles. The number of aromatic nitrogens is 3. The number of halogens is 2. The Morgan fingerprint density at radius 2 is 2.11 bits per heavy atom. The normalized spacial score (nSPS) is 25.8. The van der Waals surface area contributed by atoms with E-state index in [1.54, 1.807) is 12.4 Å². The fourth-order valence-electron chi connectivity index (χ4n) is 5.43. The van der Waals surface area contributed by atoms with E-state index in [0.29, 0.717) is 28.3 Å². The summed E-state index contributed by atoms with van der Waals surface area (Å²) in [5.41, 5.74) is 2.19. The van der Waals surface area contributed by atoms with Crippen LogP contribution in [0.3, 0.4) is 0 Å². The third-order valence-electron chi connectivity index (χ3n) is 7.63. The highest BCUT2D eigenvalue weighted by atomic mass is 32.1. The van der Waals surface area contributed by atoms with Gasteiger partial charge < -0.3 is 9.47 Å². The molecular weight excluding hydrogens is 500 g/mol. The zero-order chi connectivity index (χ0) is 26.0. The Kier molecular flexibility index (Phi) is 7.53. The number of alkyl halides is 2. The van der Waals surface area contributed by atoms with Crippen molar-refractivity contribution in [1.82, 2.24) is 19.9 Å². The van der Waals surface area contributed by atoms with Gasteiger partial charge in [-0.05, 0) is 62.7 Å². The van der Waals surface area contributed by atoms with Crippen molar-refractivity contribution in [1.29, 1.82) is 0 Å². The molecule has 11 heteroatoms. The lowest BCUT2D eigenvalue weighted by Crippen LogP contribution is -2.33. The van der Waals surface area contributed by atoms with E-state index < -0.39 is 12.5 Å². The van der Waals surface area contributed by atoms with Crippen LogP contribution in [0.4, 0.5) is 8.78 Å². The first-order chi connectivity index (χ1) is 17.7. The van der Waals surface area contributed by atoms with Gasteiger partial charge in [0.25, 0.3) is 17.0 Å². The second-order valence-electron chi connectivity index (χ2n) is 10.8. The van der Waals surface area contributed by atoms with Gasteiger partial charge in [0.15, 0.2) is 13.2 Å². The molecule has 1 aliphatic heterocycles. The Hall–Kier alpha value is -2.53. The molecule has 8 nitrogen and oxygen atoms in total. The molecule has 2 aromatic rings. The number of aryl methyl sites for hydroxylation is 1. The first-order valence-electron chi connectivity index (χ1n) is 12.9. The number of rotatable bonds is 9. The maximum Gasteiger partial charge on any atom is 0.283 e. The third kappa shape index (κ3) is 6.87. The van der Waals surface area contributed by atoms with E-state index in [4.69, 9.17) is 9.47 Å². The van der Waals surface area contributed by atoms with Gasteiger partial charge >= 0.3 is 0 Å². The first-order valence-corrected chi connectivity index (χ1v) is 13.7. The molecule has 37 heavy (non-hydrogen) atoms. The minimum atomic E-state index is -2.86. The van der Waals surface area contributed by atoms with Crippen LogP contribution in [0.25, 0.3) is 0 Å². The third-order valence-corrected chi connectivity index (χ3v) is 8.70. The average molecular weight is 534 g/mol. The fourth-order valence-corrected chi connectivity index (χ4v) is 6.34. The van der Waals surface area contributed by atoms with E-state index in [0.717, 1.165) is 74.9 Å². The molecule has 2 saturated carbocycles. The first kappa shape index (κ1) is 26.1. The number of aliphatic imine (C=N–C) groups is 1. The van der Waals surface area contributed by atoms with Gasteiger partial charge in [0.2, 0.25) is 5.88 Å². The van der Waals surface area contributed by atoms with Gasteiger partial charge in [0.05, 0.1) is 23.8 Å². The molecule has 1 spiro atoms. The van der Waals surface area contributed by atoms with Crippen LogP contribution in [-0.2, 0) is 17.8 Å². The largest absolute Gasteiger partial charge is 0.466 e. The van der Waals surface area contributed by atoms with Crippen molar-refractivity contribution in [3.63, 3.8) is 0 Å². The quantitative estimate of drug-likeness (QED) is 0.438. The maximum absolute atomic E-state index is 13.1. The van der Waals surface area contributed by atoms with Crippen LogP contribution in [0, 0.1) is 24.2 Å². The van der Waals surface area contributed by atoms with Gasteiger partial charge in [-0.1, -0.05) is 11.3 Å². The predicted molar refractivity (Wildman–Crippen MR) is 135 cm³/mol. The number of hydrogen-bond donors (Lipinski definition) is 0. The summed E-state index contributed by atoms with van der Waals surface area (Å²) in [7, 11) is 0. The molecule has 2 fully saturated rings. The van der Waals surface area contributed by atoms with E-state index in [2.05, 4.69) is 24.8 Å². The van der Waals surface area contributed by atoms with Gasteiger partial charge in [0, 0.05) is 37.6 Å². The maximum atomic E-state index is 13.1. The summed E-state index contributed by atoms with van der Waals surface area (Å²) in [4.78, 5) is 32.4. The van der Waals surface area contributed by atoms with Crippen molar-refractivity contribution in [2.24, 2.45) is 22.2 Å². The van der Waals surface area contributed by atoms with Crippen LogP contribution in [0.5, 0.6) is 11.1 Å². The van der Waals surface area contributed by atoms with Crippen LogP contribution >= 0.6 is 11.3 Å². The van der Waals surface area contributed by atoms with E-state index in [-0.39, 0.29) is 12.5 Å². The molecule has 2 aliphatic carbocycles. The second-order valence-corrected chi connectivity index (χ2v) is 11.8. The molecule has 1 atom stereocenters. The summed E-state index contributed by atoms with van der Waals surface area (Å²) in [6, 6.07) is 0. The number of fused-ring (bicyclic) bond motifs is 1. The van der Waals surface area contributed by atoms with Gasteiger partial charge in [-0.25, -0.2) is 23.7 Å². The number of carbonyl (C=O) groups is 1. The summed E-state index contributed by atoms with van der Waals surface area (Å²) in [5, 5.41) is 0.352. The van der Waals surface area contributed by atoms with E-state index in [9.17, 15) is 13.6 Å². The Morgan fingerprint density at radius 3 is 2.84 bits per heavy atom. The Bertz CT molecular complexity index is 1130. The van der Waals surface area contributed by atoms with E-state index in [1.807, 2.05) is 6.92 Å². The van der Waals surface area contributed by atoms with Crippen molar-refractivity contribution >= 4 is 23.5 Å². The molecule has 3 heterocycles. The van der Waals surface area contributed by atoms with Crippen LogP contribution in [0.2, 0.25) is 0 Å². The summed E-state index contributed by atoms with van der Waals surface area (Å²) in [5.74, 6) is -1.83. The number of amides is 1. The molecule has 0 bridgehead atoms. The lowest BCUT2D eigenvalue weighted by molar-refractivity contribution is -0.119. The highest BCUT2D eigenvalue weighted by molar-refractivity contribution is 7.13. The molecule has 0 unspecified atom stereocenters.